The minimum absolute atomic E-state index is 0.135. The lowest BCUT2D eigenvalue weighted by Gasteiger charge is -2.40. The van der Waals surface area contributed by atoms with Crippen LogP contribution in [0.25, 0.3) is 0 Å². The molecule has 0 fully saturated rings. The van der Waals surface area contributed by atoms with E-state index < -0.39 is 0 Å². The summed E-state index contributed by atoms with van der Waals surface area (Å²) in [5, 5.41) is 0. The number of benzene rings is 2. The molecule has 2 aromatic carbocycles. The number of rotatable bonds is 9. The molecule has 1 unspecified atom stereocenters. The van der Waals surface area contributed by atoms with Crippen LogP contribution < -0.4 is 4.74 Å². The second-order valence-corrected chi connectivity index (χ2v) is 8.11. The summed E-state index contributed by atoms with van der Waals surface area (Å²) >= 11 is 0. The minimum atomic E-state index is -0.180. The van der Waals surface area contributed by atoms with Crippen molar-refractivity contribution in [1.29, 1.82) is 0 Å². The lowest BCUT2D eigenvalue weighted by atomic mass is 9.64. The molecule has 0 aliphatic heterocycles. The highest BCUT2D eigenvalue weighted by molar-refractivity contribution is 5.72. The smallest absolute Gasteiger partial charge is 0.306 e. The van der Waals surface area contributed by atoms with Crippen molar-refractivity contribution in [3.63, 3.8) is 0 Å². The van der Waals surface area contributed by atoms with Crippen LogP contribution >= 0.6 is 0 Å². The van der Waals surface area contributed by atoms with Gasteiger partial charge in [0.2, 0.25) is 0 Å². The number of hydrogen-bond acceptors (Lipinski definition) is 3. The summed E-state index contributed by atoms with van der Waals surface area (Å²) in [4.78, 5) is 12.3. The van der Waals surface area contributed by atoms with E-state index in [9.17, 15) is 4.79 Å². The highest BCUT2D eigenvalue weighted by Gasteiger charge is 2.39. The predicted molar refractivity (Wildman–Crippen MR) is 117 cm³/mol. The lowest BCUT2D eigenvalue weighted by molar-refractivity contribution is -0.142. The molecule has 3 rings (SSSR count). The molecule has 154 valence electrons. The molecule has 0 saturated carbocycles. The van der Waals surface area contributed by atoms with Gasteiger partial charge in [-0.1, -0.05) is 36.4 Å². The zero-order valence-electron chi connectivity index (χ0n) is 17.7. The summed E-state index contributed by atoms with van der Waals surface area (Å²) in [5.74, 6) is 0.745. The molecule has 0 spiro atoms. The molecule has 0 aromatic heterocycles. The number of esters is 1. The van der Waals surface area contributed by atoms with Crippen LogP contribution in [0, 0.1) is 6.92 Å². The summed E-state index contributed by atoms with van der Waals surface area (Å²) < 4.78 is 11.2. The number of allylic oxidation sites excluding steroid dienone is 1. The Kier molecular flexibility index (Phi) is 7.13. The number of fused-ring (bicyclic) bond motifs is 1. The van der Waals surface area contributed by atoms with Gasteiger partial charge in [0.1, 0.15) is 12.4 Å². The quantitative estimate of drug-likeness (QED) is 0.295. The van der Waals surface area contributed by atoms with E-state index in [0.717, 1.165) is 49.8 Å². The summed E-state index contributed by atoms with van der Waals surface area (Å²) in [6, 6.07) is 14.5. The topological polar surface area (TPSA) is 35.5 Å². The molecule has 1 aliphatic rings. The Morgan fingerprint density at radius 2 is 2.03 bits per heavy atom. The monoisotopic (exact) mass is 392 g/mol. The average molecular weight is 393 g/mol. The van der Waals surface area contributed by atoms with Gasteiger partial charge in [-0.25, -0.2) is 0 Å². The molecule has 0 bridgehead atoms. The lowest BCUT2D eigenvalue weighted by Crippen LogP contribution is -2.34. The maximum atomic E-state index is 12.3. The highest BCUT2D eigenvalue weighted by Crippen LogP contribution is 2.46. The Balaban J connectivity index is 1.93. The molecule has 0 amide bonds. The zero-order chi connectivity index (χ0) is 20.7. The first-order valence-corrected chi connectivity index (χ1v) is 10.6. The molecular formula is C26H32O3. The first-order valence-electron chi connectivity index (χ1n) is 10.6. The molecule has 0 N–H and O–H groups in total. The van der Waals surface area contributed by atoms with E-state index in [4.69, 9.17) is 9.47 Å². The summed E-state index contributed by atoms with van der Waals surface area (Å²) in [7, 11) is 1.48. The SMILES string of the molecule is C=CCCCC1(CC(=O)OC)CCCc2c(C)cc(OCc3ccccc3)cc21. The van der Waals surface area contributed by atoms with Crippen molar-refractivity contribution >= 4 is 5.97 Å². The van der Waals surface area contributed by atoms with Crippen molar-refractivity contribution in [1.82, 2.24) is 0 Å². The van der Waals surface area contributed by atoms with E-state index in [1.165, 1.54) is 23.8 Å². The largest absolute Gasteiger partial charge is 0.489 e. The number of carbonyl (C=O) groups excluding carboxylic acids is 1. The van der Waals surface area contributed by atoms with Gasteiger partial charge in [-0.15, -0.1) is 6.58 Å². The Morgan fingerprint density at radius 1 is 1.24 bits per heavy atom. The molecule has 0 saturated heterocycles. The number of ether oxygens (including phenoxy) is 2. The van der Waals surface area contributed by atoms with Gasteiger partial charge in [-0.2, -0.15) is 0 Å². The first-order chi connectivity index (χ1) is 14.1. The van der Waals surface area contributed by atoms with E-state index in [1.807, 2.05) is 24.3 Å². The zero-order valence-corrected chi connectivity index (χ0v) is 17.7. The van der Waals surface area contributed by atoms with Crippen LogP contribution in [0.15, 0.2) is 55.1 Å². The normalized spacial score (nSPS) is 18.0. The van der Waals surface area contributed by atoms with Crippen molar-refractivity contribution in [2.45, 2.75) is 63.9 Å². The number of hydrogen-bond donors (Lipinski definition) is 0. The maximum absolute atomic E-state index is 12.3. The van der Waals surface area contributed by atoms with Crippen LogP contribution in [-0.4, -0.2) is 13.1 Å². The summed E-state index contributed by atoms with van der Waals surface area (Å²) in [5.41, 5.74) is 4.88. The molecule has 3 heteroatoms. The van der Waals surface area contributed by atoms with E-state index in [2.05, 4.69) is 37.8 Å². The number of aryl methyl sites for hydroxylation is 1. The van der Waals surface area contributed by atoms with E-state index in [1.54, 1.807) is 0 Å². The third-order valence-corrected chi connectivity index (χ3v) is 6.12. The molecular weight excluding hydrogens is 360 g/mol. The third-order valence-electron chi connectivity index (χ3n) is 6.12. The minimum Gasteiger partial charge on any atom is -0.489 e. The van der Waals surface area contributed by atoms with Gasteiger partial charge in [0.15, 0.2) is 0 Å². The van der Waals surface area contributed by atoms with Crippen molar-refractivity contribution in [3.05, 3.63) is 77.4 Å². The second kappa shape index (κ2) is 9.78. The predicted octanol–water partition coefficient (Wildman–Crippen LogP) is 6.07. The Labute approximate surface area is 174 Å². The molecule has 29 heavy (non-hydrogen) atoms. The number of unbranched alkanes of at least 4 members (excludes halogenated alkanes) is 1. The number of carbonyl (C=O) groups is 1. The maximum Gasteiger partial charge on any atom is 0.306 e. The fraction of sp³-hybridized carbons (Fsp3) is 0.423. The van der Waals surface area contributed by atoms with Crippen LogP contribution in [0.2, 0.25) is 0 Å². The van der Waals surface area contributed by atoms with E-state index >= 15 is 0 Å². The van der Waals surface area contributed by atoms with Crippen LogP contribution in [0.4, 0.5) is 0 Å². The molecule has 0 radical (unpaired) electrons. The highest BCUT2D eigenvalue weighted by atomic mass is 16.5. The fourth-order valence-electron chi connectivity index (χ4n) is 4.62. The van der Waals surface area contributed by atoms with Crippen molar-refractivity contribution < 1.29 is 14.3 Å². The Bertz CT molecular complexity index is 841. The fourth-order valence-corrected chi connectivity index (χ4v) is 4.62. The van der Waals surface area contributed by atoms with E-state index in [0.29, 0.717) is 13.0 Å². The van der Waals surface area contributed by atoms with Gasteiger partial charge >= 0.3 is 5.97 Å². The van der Waals surface area contributed by atoms with Gasteiger partial charge in [-0.3, -0.25) is 4.79 Å². The molecule has 0 heterocycles. The van der Waals surface area contributed by atoms with Crippen molar-refractivity contribution in [3.8, 4) is 5.75 Å². The van der Waals surface area contributed by atoms with Crippen molar-refractivity contribution in [2.75, 3.05) is 7.11 Å². The summed E-state index contributed by atoms with van der Waals surface area (Å²) in [6.45, 7) is 6.56. The van der Waals surface area contributed by atoms with Crippen LogP contribution in [0.5, 0.6) is 5.75 Å². The Morgan fingerprint density at radius 3 is 2.76 bits per heavy atom. The first kappa shape index (κ1) is 21.2. The third kappa shape index (κ3) is 5.09. The molecule has 2 aromatic rings. The standard InChI is InChI=1S/C26H32O3/c1-4-5-9-14-26(18-25(27)28-3)15-10-13-23-20(2)16-22(17-24(23)26)29-19-21-11-7-6-8-12-21/h4,6-8,11-12,16-17H,1,5,9-10,13-15,18-19H2,2-3H3. The van der Waals surface area contributed by atoms with Crippen LogP contribution in [-0.2, 0) is 28.0 Å². The molecule has 1 aliphatic carbocycles. The molecule has 3 nitrogen and oxygen atoms in total. The van der Waals surface area contributed by atoms with Crippen LogP contribution in [0.1, 0.15) is 60.8 Å². The van der Waals surface area contributed by atoms with Gasteiger partial charge in [0.25, 0.3) is 0 Å². The molecule has 1 atom stereocenters. The van der Waals surface area contributed by atoms with Crippen molar-refractivity contribution in [2.24, 2.45) is 0 Å². The number of methoxy groups -OCH3 is 1. The second-order valence-electron chi connectivity index (χ2n) is 8.11. The van der Waals surface area contributed by atoms with Crippen LogP contribution in [0.3, 0.4) is 0 Å². The van der Waals surface area contributed by atoms with Gasteiger partial charge in [0.05, 0.1) is 13.5 Å². The van der Waals surface area contributed by atoms with Gasteiger partial charge in [0, 0.05) is 5.41 Å². The average Bonchev–Trinajstić information content (AvgIpc) is 2.74. The Hall–Kier alpha value is -2.55. The summed E-state index contributed by atoms with van der Waals surface area (Å²) in [6.07, 6.45) is 8.50. The van der Waals surface area contributed by atoms with Gasteiger partial charge < -0.3 is 9.47 Å². The van der Waals surface area contributed by atoms with E-state index in [-0.39, 0.29) is 11.4 Å². The van der Waals surface area contributed by atoms with Gasteiger partial charge in [-0.05, 0) is 79.8 Å².